The van der Waals surface area contributed by atoms with Crippen LogP contribution in [0.4, 0.5) is 5.13 Å². The van der Waals surface area contributed by atoms with Gasteiger partial charge in [-0.05, 0) is 42.0 Å². The molecule has 1 fully saturated rings. The van der Waals surface area contributed by atoms with Crippen molar-refractivity contribution in [2.24, 2.45) is 4.99 Å². The van der Waals surface area contributed by atoms with Crippen LogP contribution in [-0.4, -0.2) is 50.9 Å². The molecule has 3 rings (SSSR count). The zero-order chi connectivity index (χ0) is 20.1. The van der Waals surface area contributed by atoms with E-state index in [4.69, 9.17) is 9.84 Å². The van der Waals surface area contributed by atoms with E-state index in [0.29, 0.717) is 21.0 Å². The SMILES string of the molecule is CCc1nnc(/N=C2/S/C(=C/c3cccc(OCCC(=O)O)c3)C(=O)N2C)s1. The van der Waals surface area contributed by atoms with Crippen molar-refractivity contribution < 1.29 is 19.4 Å². The topological polar surface area (TPSA) is 105 Å². The fourth-order valence-corrected chi connectivity index (χ4v) is 3.94. The molecule has 2 aromatic rings. The molecule has 0 saturated carbocycles. The summed E-state index contributed by atoms with van der Waals surface area (Å²) in [5.74, 6) is -0.516. The van der Waals surface area contributed by atoms with Crippen molar-refractivity contribution in [2.45, 2.75) is 19.8 Å². The number of aryl methyl sites for hydroxylation is 1. The number of amides is 1. The molecular formula is C18H18N4O4S2. The quantitative estimate of drug-likeness (QED) is 0.689. The van der Waals surface area contributed by atoms with E-state index < -0.39 is 5.97 Å². The number of carbonyl (C=O) groups is 2. The molecule has 1 aliphatic rings. The van der Waals surface area contributed by atoms with Crippen LogP contribution in [0.2, 0.25) is 0 Å². The van der Waals surface area contributed by atoms with Crippen molar-refractivity contribution in [3.8, 4) is 5.75 Å². The van der Waals surface area contributed by atoms with Crippen molar-refractivity contribution >= 4 is 51.4 Å². The molecule has 1 aromatic heterocycles. The third kappa shape index (κ3) is 4.96. The summed E-state index contributed by atoms with van der Waals surface area (Å²) >= 11 is 2.67. The molecule has 8 nitrogen and oxygen atoms in total. The highest BCUT2D eigenvalue weighted by atomic mass is 32.2. The van der Waals surface area contributed by atoms with E-state index in [1.54, 1.807) is 31.3 Å². The number of hydrogen-bond acceptors (Lipinski definition) is 8. The van der Waals surface area contributed by atoms with Gasteiger partial charge in [-0.2, -0.15) is 4.99 Å². The molecule has 2 heterocycles. The summed E-state index contributed by atoms with van der Waals surface area (Å²) in [7, 11) is 1.67. The number of benzene rings is 1. The maximum Gasteiger partial charge on any atom is 0.306 e. The van der Waals surface area contributed by atoms with Gasteiger partial charge < -0.3 is 9.84 Å². The number of carbonyl (C=O) groups excluding carboxylic acids is 1. The van der Waals surface area contributed by atoms with E-state index in [9.17, 15) is 9.59 Å². The Bertz CT molecular complexity index is 955. The van der Waals surface area contributed by atoms with Gasteiger partial charge in [0.15, 0.2) is 5.17 Å². The van der Waals surface area contributed by atoms with E-state index in [-0.39, 0.29) is 18.9 Å². The minimum Gasteiger partial charge on any atom is -0.493 e. The molecule has 0 spiro atoms. The molecule has 0 atom stereocenters. The van der Waals surface area contributed by atoms with Crippen molar-refractivity contribution in [2.75, 3.05) is 13.7 Å². The second-order valence-electron chi connectivity index (χ2n) is 5.77. The molecule has 1 amide bonds. The number of carboxylic acids is 1. The predicted molar refractivity (Wildman–Crippen MR) is 109 cm³/mol. The van der Waals surface area contributed by atoms with Crippen LogP contribution in [0.1, 0.15) is 23.9 Å². The summed E-state index contributed by atoms with van der Waals surface area (Å²) in [5, 5.41) is 18.7. The number of nitrogens with zero attached hydrogens (tertiary/aromatic N) is 4. The van der Waals surface area contributed by atoms with Crippen molar-refractivity contribution in [1.82, 2.24) is 15.1 Å². The highest BCUT2D eigenvalue weighted by Gasteiger charge is 2.30. The third-order valence-corrected chi connectivity index (χ3v) is 5.72. The van der Waals surface area contributed by atoms with Gasteiger partial charge in [0.2, 0.25) is 5.13 Å². The van der Waals surface area contributed by atoms with E-state index in [0.717, 1.165) is 17.0 Å². The standard InChI is InChI=1S/C18H18N4O4S2/c1-3-14-20-21-17(28-14)19-18-22(2)16(25)13(27-18)10-11-5-4-6-12(9-11)26-8-7-15(23)24/h4-6,9-10H,3,7-8H2,1-2H3,(H,23,24)/b13-10+,19-18+. The van der Waals surface area contributed by atoms with Crippen LogP contribution in [0.5, 0.6) is 5.75 Å². The molecule has 0 unspecified atom stereocenters. The first-order valence-electron chi connectivity index (χ1n) is 8.49. The molecule has 1 N–H and O–H groups in total. The summed E-state index contributed by atoms with van der Waals surface area (Å²) in [4.78, 5) is 29.6. The number of carboxylic acid groups (broad SMARTS) is 1. The monoisotopic (exact) mass is 418 g/mol. The van der Waals surface area contributed by atoms with Gasteiger partial charge >= 0.3 is 5.97 Å². The summed E-state index contributed by atoms with van der Waals surface area (Å²) in [6.45, 7) is 2.09. The molecule has 1 aliphatic heterocycles. The number of rotatable bonds is 7. The van der Waals surface area contributed by atoms with Gasteiger partial charge in [-0.15, -0.1) is 10.2 Å². The predicted octanol–water partition coefficient (Wildman–Crippen LogP) is 3.19. The van der Waals surface area contributed by atoms with Gasteiger partial charge in [-0.1, -0.05) is 30.4 Å². The lowest BCUT2D eigenvalue weighted by atomic mass is 10.2. The van der Waals surface area contributed by atoms with Crippen molar-refractivity contribution in [1.29, 1.82) is 0 Å². The zero-order valence-electron chi connectivity index (χ0n) is 15.3. The van der Waals surface area contributed by atoms with Crippen LogP contribution in [0.3, 0.4) is 0 Å². The second-order valence-corrected chi connectivity index (χ2v) is 7.82. The highest BCUT2D eigenvalue weighted by molar-refractivity contribution is 8.18. The Morgan fingerprint density at radius 2 is 2.21 bits per heavy atom. The first-order chi connectivity index (χ1) is 13.5. The molecule has 146 valence electrons. The number of hydrogen-bond donors (Lipinski definition) is 1. The second kappa shape index (κ2) is 8.98. The number of aromatic nitrogens is 2. The number of aliphatic imine (C=N–C) groups is 1. The van der Waals surface area contributed by atoms with E-state index in [2.05, 4.69) is 15.2 Å². The minimum atomic E-state index is -0.914. The average molecular weight is 419 g/mol. The molecule has 0 radical (unpaired) electrons. The normalized spacial score (nSPS) is 16.9. The van der Waals surface area contributed by atoms with Gasteiger partial charge in [-0.3, -0.25) is 14.5 Å². The maximum atomic E-state index is 12.5. The number of ether oxygens (including phenoxy) is 1. The maximum absolute atomic E-state index is 12.5. The number of thioether (sulfide) groups is 1. The Morgan fingerprint density at radius 1 is 1.39 bits per heavy atom. The van der Waals surface area contributed by atoms with Gasteiger partial charge in [0.05, 0.1) is 17.9 Å². The summed E-state index contributed by atoms with van der Waals surface area (Å²) in [6, 6.07) is 7.14. The fraction of sp³-hybridized carbons (Fsp3) is 0.278. The van der Waals surface area contributed by atoms with Gasteiger partial charge in [0, 0.05) is 7.05 Å². The van der Waals surface area contributed by atoms with E-state index in [1.165, 1.54) is 28.0 Å². The van der Waals surface area contributed by atoms with E-state index >= 15 is 0 Å². The van der Waals surface area contributed by atoms with Gasteiger partial charge in [0.25, 0.3) is 5.91 Å². The van der Waals surface area contributed by atoms with Crippen LogP contribution >= 0.6 is 23.1 Å². The van der Waals surface area contributed by atoms with E-state index in [1.807, 2.05) is 13.0 Å². The summed E-state index contributed by atoms with van der Waals surface area (Å²) in [6.07, 6.45) is 2.48. The Kier molecular flexibility index (Phi) is 6.42. The fourth-order valence-electron chi connectivity index (χ4n) is 2.27. The Balaban J connectivity index is 1.75. The largest absolute Gasteiger partial charge is 0.493 e. The van der Waals surface area contributed by atoms with Crippen LogP contribution in [0, 0.1) is 0 Å². The third-order valence-electron chi connectivity index (χ3n) is 3.69. The zero-order valence-corrected chi connectivity index (χ0v) is 16.9. The minimum absolute atomic E-state index is 0.0738. The molecule has 0 bridgehead atoms. The molecule has 0 aliphatic carbocycles. The Morgan fingerprint density at radius 3 is 2.93 bits per heavy atom. The lowest BCUT2D eigenvalue weighted by Crippen LogP contribution is -2.23. The van der Waals surface area contributed by atoms with Crippen LogP contribution in [-0.2, 0) is 16.0 Å². The van der Waals surface area contributed by atoms with Crippen molar-refractivity contribution in [3.05, 3.63) is 39.7 Å². The summed E-state index contributed by atoms with van der Waals surface area (Å²) < 4.78 is 5.43. The number of likely N-dealkylation sites (N-methyl/N-ethyl adjacent to an activating group) is 1. The molecule has 1 aromatic carbocycles. The van der Waals surface area contributed by atoms with Gasteiger partial charge in [0.1, 0.15) is 10.8 Å². The van der Waals surface area contributed by atoms with Crippen LogP contribution in [0.25, 0.3) is 6.08 Å². The lowest BCUT2D eigenvalue weighted by Gasteiger charge is -2.06. The number of amidine groups is 1. The molecule has 1 saturated heterocycles. The highest BCUT2D eigenvalue weighted by Crippen LogP contribution is 2.34. The molecule has 28 heavy (non-hydrogen) atoms. The summed E-state index contributed by atoms with van der Waals surface area (Å²) in [5.41, 5.74) is 0.780. The Labute approximate surface area is 169 Å². The van der Waals surface area contributed by atoms with Crippen molar-refractivity contribution in [3.63, 3.8) is 0 Å². The van der Waals surface area contributed by atoms with Crippen LogP contribution in [0.15, 0.2) is 34.2 Å². The molecule has 10 heteroatoms. The first-order valence-corrected chi connectivity index (χ1v) is 10.1. The first kappa shape index (κ1) is 20.0. The lowest BCUT2D eigenvalue weighted by molar-refractivity contribution is -0.137. The van der Waals surface area contributed by atoms with Gasteiger partial charge in [-0.25, -0.2) is 0 Å². The number of aliphatic carboxylic acids is 1. The smallest absolute Gasteiger partial charge is 0.306 e. The Hall–Kier alpha value is -2.72. The van der Waals surface area contributed by atoms with Crippen LogP contribution < -0.4 is 4.74 Å². The average Bonchev–Trinajstić information content (AvgIpc) is 3.22. The molecular weight excluding hydrogens is 400 g/mol.